The third-order valence-electron chi connectivity index (χ3n) is 4.16. The van der Waals surface area contributed by atoms with Crippen LogP contribution in [0.5, 0.6) is 0 Å². The first-order valence-corrected chi connectivity index (χ1v) is 11.0. The zero-order chi connectivity index (χ0) is 20.3. The highest BCUT2D eigenvalue weighted by Gasteiger charge is 2.25. The van der Waals surface area contributed by atoms with Gasteiger partial charge >= 0.3 is 10.8 Å². The Balaban J connectivity index is 1.93. The second-order valence-electron chi connectivity index (χ2n) is 6.27. The molecule has 0 radical (unpaired) electrons. The molecule has 7 nitrogen and oxygen atoms in total. The number of carbonyl (C=O) groups is 1. The summed E-state index contributed by atoms with van der Waals surface area (Å²) in [5.74, 6) is -0.491. The number of H-pyrrole nitrogens is 1. The molecule has 0 saturated carbocycles. The molecule has 1 atom stereocenters. The summed E-state index contributed by atoms with van der Waals surface area (Å²) >= 11 is 0.939. The van der Waals surface area contributed by atoms with E-state index in [2.05, 4.69) is 9.71 Å². The van der Waals surface area contributed by atoms with Gasteiger partial charge in [0.25, 0.3) is 0 Å². The maximum absolute atomic E-state index is 12.9. The van der Waals surface area contributed by atoms with E-state index in [1.807, 2.05) is 19.1 Å². The van der Waals surface area contributed by atoms with Crippen LogP contribution in [0.2, 0.25) is 0 Å². The van der Waals surface area contributed by atoms with Crippen molar-refractivity contribution in [2.45, 2.75) is 31.2 Å². The van der Waals surface area contributed by atoms with Crippen LogP contribution in [0.3, 0.4) is 0 Å². The number of hydrogen-bond donors (Lipinski definition) is 2. The molecule has 3 rings (SSSR count). The minimum atomic E-state index is -3.93. The first kappa shape index (κ1) is 20.2. The molecule has 1 heterocycles. The molecule has 0 aliphatic rings. The number of aromatic amines is 1. The average molecular weight is 421 g/mol. The molecule has 9 heteroatoms. The Bertz CT molecular complexity index is 1150. The minimum Gasteiger partial charge on any atom is -0.466 e. The summed E-state index contributed by atoms with van der Waals surface area (Å²) < 4.78 is 34.0. The highest BCUT2D eigenvalue weighted by Crippen LogP contribution is 2.24. The number of ether oxygens (including phenoxy) is 1. The van der Waals surface area contributed by atoms with Gasteiger partial charge in [-0.3, -0.25) is 9.59 Å². The summed E-state index contributed by atoms with van der Waals surface area (Å²) in [6.07, 6.45) is -0.129. The second kappa shape index (κ2) is 8.26. The Hall–Kier alpha value is -2.49. The standard InChI is InChI=1S/C19H20N2O5S2/c1-3-26-18(22)11-16(13-6-4-12(2)5-7-13)21-28(24,25)14-8-9-15-17(10-14)27-19(23)20-15/h4-10,16,21H,3,11H2,1-2H3,(H,20,23)/t16-/m1/s1. The summed E-state index contributed by atoms with van der Waals surface area (Å²) in [5, 5.41) is 0. The number of fused-ring (bicyclic) bond motifs is 1. The topological polar surface area (TPSA) is 105 Å². The Morgan fingerprint density at radius 1 is 1.21 bits per heavy atom. The van der Waals surface area contributed by atoms with Gasteiger partial charge in [0.05, 0.1) is 34.2 Å². The van der Waals surface area contributed by atoms with Crippen LogP contribution in [0.4, 0.5) is 0 Å². The number of aromatic nitrogens is 1. The number of sulfonamides is 1. The molecule has 0 amide bonds. The summed E-state index contributed by atoms with van der Waals surface area (Å²) in [6.45, 7) is 3.83. The number of esters is 1. The van der Waals surface area contributed by atoms with Crippen LogP contribution in [-0.2, 0) is 19.6 Å². The largest absolute Gasteiger partial charge is 0.466 e. The molecular weight excluding hydrogens is 400 g/mol. The van der Waals surface area contributed by atoms with Gasteiger partial charge in [0.2, 0.25) is 10.0 Å². The van der Waals surface area contributed by atoms with Crippen LogP contribution >= 0.6 is 11.3 Å². The molecule has 0 fully saturated rings. The minimum absolute atomic E-state index is 0.0243. The van der Waals surface area contributed by atoms with E-state index in [1.54, 1.807) is 25.1 Å². The second-order valence-corrected chi connectivity index (χ2v) is 8.99. The molecule has 1 aromatic heterocycles. The molecule has 148 valence electrons. The number of hydrogen-bond acceptors (Lipinski definition) is 6. The predicted molar refractivity (Wildman–Crippen MR) is 108 cm³/mol. The molecule has 0 bridgehead atoms. The van der Waals surface area contributed by atoms with Gasteiger partial charge in [0.1, 0.15) is 0 Å². The zero-order valence-corrected chi connectivity index (χ0v) is 17.0. The first-order chi connectivity index (χ1) is 13.3. The highest BCUT2D eigenvalue weighted by molar-refractivity contribution is 7.89. The van der Waals surface area contributed by atoms with E-state index in [0.29, 0.717) is 15.8 Å². The summed E-state index contributed by atoms with van der Waals surface area (Å²) in [4.78, 5) is 25.9. The smallest absolute Gasteiger partial charge is 0.307 e. The molecule has 0 aliphatic carbocycles. The molecule has 3 aromatic rings. The lowest BCUT2D eigenvalue weighted by molar-refractivity contribution is -0.143. The third kappa shape index (κ3) is 4.67. The van der Waals surface area contributed by atoms with Crippen molar-refractivity contribution >= 4 is 37.5 Å². The average Bonchev–Trinajstić information content (AvgIpc) is 3.01. The van der Waals surface area contributed by atoms with Gasteiger partial charge in [-0.1, -0.05) is 41.2 Å². The lowest BCUT2D eigenvalue weighted by Gasteiger charge is -2.19. The lowest BCUT2D eigenvalue weighted by Crippen LogP contribution is -2.30. The van der Waals surface area contributed by atoms with Crippen LogP contribution in [0, 0.1) is 6.92 Å². The van der Waals surface area contributed by atoms with Gasteiger partial charge in [0.15, 0.2) is 0 Å². The van der Waals surface area contributed by atoms with Crippen molar-refractivity contribution in [2.24, 2.45) is 0 Å². The van der Waals surface area contributed by atoms with Crippen LogP contribution in [0.1, 0.15) is 30.5 Å². The normalized spacial score (nSPS) is 12.8. The van der Waals surface area contributed by atoms with E-state index < -0.39 is 22.0 Å². The third-order valence-corrected chi connectivity index (χ3v) is 6.47. The SMILES string of the molecule is CCOC(=O)C[C@@H](NS(=O)(=O)c1ccc2[nH]c(=O)sc2c1)c1ccc(C)cc1. The van der Waals surface area contributed by atoms with E-state index in [1.165, 1.54) is 12.1 Å². The van der Waals surface area contributed by atoms with E-state index in [0.717, 1.165) is 16.9 Å². The highest BCUT2D eigenvalue weighted by atomic mass is 32.2. The van der Waals surface area contributed by atoms with Crippen molar-refractivity contribution in [3.05, 3.63) is 63.3 Å². The summed E-state index contributed by atoms with van der Waals surface area (Å²) in [6, 6.07) is 10.9. The van der Waals surface area contributed by atoms with Gasteiger partial charge in [-0.25, -0.2) is 13.1 Å². The number of rotatable bonds is 7. The Labute approximate surface area is 166 Å². The predicted octanol–water partition coefficient (Wildman–Crippen LogP) is 2.87. The number of benzene rings is 2. The molecule has 0 spiro atoms. The van der Waals surface area contributed by atoms with Crippen molar-refractivity contribution < 1.29 is 17.9 Å². The molecular formula is C19H20N2O5S2. The van der Waals surface area contributed by atoms with E-state index >= 15 is 0 Å². The van der Waals surface area contributed by atoms with Gasteiger partial charge in [-0.2, -0.15) is 0 Å². The quantitative estimate of drug-likeness (QED) is 0.572. The van der Waals surface area contributed by atoms with Crippen molar-refractivity contribution in [1.29, 1.82) is 0 Å². The first-order valence-electron chi connectivity index (χ1n) is 8.66. The van der Waals surface area contributed by atoms with Crippen molar-refractivity contribution in [3.8, 4) is 0 Å². The Kier molecular flexibility index (Phi) is 5.97. The van der Waals surface area contributed by atoms with Crippen molar-refractivity contribution in [3.63, 3.8) is 0 Å². The van der Waals surface area contributed by atoms with Crippen LogP contribution < -0.4 is 9.60 Å². The zero-order valence-electron chi connectivity index (χ0n) is 15.4. The van der Waals surface area contributed by atoms with Gasteiger partial charge in [0, 0.05) is 0 Å². The van der Waals surface area contributed by atoms with E-state index in [4.69, 9.17) is 4.74 Å². The monoisotopic (exact) mass is 420 g/mol. The van der Waals surface area contributed by atoms with Gasteiger partial charge in [-0.05, 0) is 37.6 Å². The fourth-order valence-corrected chi connectivity index (χ4v) is 4.86. The maximum Gasteiger partial charge on any atom is 0.307 e. The number of aryl methyl sites for hydroxylation is 1. The molecule has 2 aromatic carbocycles. The molecule has 0 unspecified atom stereocenters. The van der Waals surface area contributed by atoms with Crippen molar-refractivity contribution in [2.75, 3.05) is 6.61 Å². The number of carbonyl (C=O) groups excluding carboxylic acids is 1. The number of nitrogens with one attached hydrogen (secondary N) is 2. The fraction of sp³-hybridized carbons (Fsp3) is 0.263. The lowest BCUT2D eigenvalue weighted by atomic mass is 10.0. The Morgan fingerprint density at radius 2 is 1.93 bits per heavy atom. The molecule has 0 aliphatic heterocycles. The maximum atomic E-state index is 12.9. The Morgan fingerprint density at radius 3 is 2.61 bits per heavy atom. The van der Waals surface area contributed by atoms with Crippen LogP contribution in [-0.4, -0.2) is 26.0 Å². The molecule has 0 saturated heterocycles. The number of thiazole rings is 1. The van der Waals surface area contributed by atoms with Crippen LogP contribution in [0.15, 0.2) is 52.2 Å². The molecule has 28 heavy (non-hydrogen) atoms. The summed E-state index contributed by atoms with van der Waals surface area (Å²) in [7, 11) is -3.93. The van der Waals surface area contributed by atoms with E-state index in [-0.39, 0.29) is 22.8 Å². The van der Waals surface area contributed by atoms with Crippen molar-refractivity contribution in [1.82, 2.24) is 9.71 Å². The fourth-order valence-electron chi connectivity index (χ4n) is 2.76. The summed E-state index contributed by atoms with van der Waals surface area (Å²) in [5.41, 5.74) is 2.26. The van der Waals surface area contributed by atoms with Crippen LogP contribution in [0.25, 0.3) is 10.2 Å². The molecule has 2 N–H and O–H groups in total. The van der Waals surface area contributed by atoms with E-state index in [9.17, 15) is 18.0 Å². The van der Waals surface area contributed by atoms with Gasteiger partial charge in [-0.15, -0.1) is 0 Å². The van der Waals surface area contributed by atoms with Gasteiger partial charge < -0.3 is 9.72 Å².